The number of hydrogen-bond donors (Lipinski definition) is 1. The highest BCUT2D eigenvalue weighted by Crippen LogP contribution is 2.28. The molecule has 1 N–H and O–H groups in total. The van der Waals surface area contributed by atoms with Crippen LogP contribution in [-0.4, -0.2) is 37.1 Å². The standard InChI is InChI=1S/C16H23N3O2/c1-17-14(11-13-7-8-19(2)18-13)9-12-5-6-15(20-3)16(10-12)21-4/h5-8,10,14,17H,9,11H2,1-4H3. The van der Waals surface area contributed by atoms with Crippen LogP contribution in [0.15, 0.2) is 30.5 Å². The lowest BCUT2D eigenvalue weighted by Crippen LogP contribution is -2.30. The molecule has 0 amide bonds. The molecule has 21 heavy (non-hydrogen) atoms. The summed E-state index contributed by atoms with van der Waals surface area (Å²) in [7, 11) is 7.22. The molecule has 1 unspecified atom stereocenters. The van der Waals surface area contributed by atoms with E-state index in [4.69, 9.17) is 9.47 Å². The predicted molar refractivity (Wildman–Crippen MR) is 83.0 cm³/mol. The summed E-state index contributed by atoms with van der Waals surface area (Å²) in [4.78, 5) is 0. The first-order chi connectivity index (χ1) is 10.2. The number of rotatable bonds is 7. The molecule has 2 aromatic rings. The Hall–Kier alpha value is -2.01. The van der Waals surface area contributed by atoms with Crippen molar-refractivity contribution >= 4 is 0 Å². The van der Waals surface area contributed by atoms with Gasteiger partial charge in [0.25, 0.3) is 0 Å². The van der Waals surface area contributed by atoms with Crippen LogP contribution in [-0.2, 0) is 19.9 Å². The third kappa shape index (κ3) is 3.98. The summed E-state index contributed by atoms with van der Waals surface area (Å²) < 4.78 is 12.5. The Morgan fingerprint density at radius 1 is 1.14 bits per heavy atom. The van der Waals surface area contributed by atoms with E-state index in [2.05, 4.69) is 22.5 Å². The van der Waals surface area contributed by atoms with Gasteiger partial charge in [0, 0.05) is 25.7 Å². The Balaban J connectivity index is 2.07. The molecule has 0 bridgehead atoms. The van der Waals surface area contributed by atoms with Crippen molar-refractivity contribution in [1.29, 1.82) is 0 Å². The van der Waals surface area contributed by atoms with Crippen LogP contribution in [0.4, 0.5) is 0 Å². The van der Waals surface area contributed by atoms with Crippen LogP contribution in [0.3, 0.4) is 0 Å². The highest BCUT2D eigenvalue weighted by molar-refractivity contribution is 5.43. The molecule has 0 fully saturated rings. The van der Waals surface area contributed by atoms with Gasteiger partial charge in [0.05, 0.1) is 19.9 Å². The Morgan fingerprint density at radius 2 is 1.90 bits per heavy atom. The van der Waals surface area contributed by atoms with Gasteiger partial charge in [-0.3, -0.25) is 4.68 Å². The van der Waals surface area contributed by atoms with E-state index in [0.29, 0.717) is 6.04 Å². The number of benzene rings is 1. The first-order valence-corrected chi connectivity index (χ1v) is 7.03. The lowest BCUT2D eigenvalue weighted by atomic mass is 10.0. The van der Waals surface area contributed by atoms with E-state index in [1.807, 2.05) is 37.1 Å². The lowest BCUT2D eigenvalue weighted by molar-refractivity contribution is 0.354. The fourth-order valence-corrected chi connectivity index (χ4v) is 2.39. The molecular formula is C16H23N3O2. The van der Waals surface area contributed by atoms with Gasteiger partial charge in [-0.2, -0.15) is 5.10 Å². The summed E-state index contributed by atoms with van der Waals surface area (Å²) in [5.74, 6) is 1.52. The Kier molecular flexibility index (Phi) is 5.22. The minimum atomic E-state index is 0.331. The second-order valence-electron chi connectivity index (χ2n) is 5.06. The van der Waals surface area contributed by atoms with Crippen LogP contribution in [0.2, 0.25) is 0 Å². The van der Waals surface area contributed by atoms with Crippen molar-refractivity contribution in [3.8, 4) is 11.5 Å². The Labute approximate surface area is 125 Å². The molecule has 5 heteroatoms. The number of aryl methyl sites for hydroxylation is 1. The molecule has 1 heterocycles. The number of likely N-dealkylation sites (N-methyl/N-ethyl adjacent to an activating group) is 1. The maximum absolute atomic E-state index is 5.35. The number of nitrogens with one attached hydrogen (secondary N) is 1. The van der Waals surface area contributed by atoms with Crippen molar-refractivity contribution in [3.05, 3.63) is 41.7 Å². The van der Waals surface area contributed by atoms with E-state index in [1.165, 1.54) is 5.56 Å². The zero-order valence-corrected chi connectivity index (χ0v) is 13.1. The fourth-order valence-electron chi connectivity index (χ4n) is 2.39. The van der Waals surface area contributed by atoms with E-state index in [0.717, 1.165) is 30.0 Å². The average molecular weight is 289 g/mol. The molecule has 5 nitrogen and oxygen atoms in total. The van der Waals surface area contributed by atoms with Crippen molar-refractivity contribution in [2.75, 3.05) is 21.3 Å². The van der Waals surface area contributed by atoms with Gasteiger partial charge in [-0.15, -0.1) is 0 Å². The monoisotopic (exact) mass is 289 g/mol. The van der Waals surface area contributed by atoms with Crippen LogP contribution < -0.4 is 14.8 Å². The van der Waals surface area contributed by atoms with Crippen molar-refractivity contribution in [3.63, 3.8) is 0 Å². The first kappa shape index (κ1) is 15.4. The van der Waals surface area contributed by atoms with Gasteiger partial charge < -0.3 is 14.8 Å². The summed E-state index contributed by atoms with van der Waals surface area (Å²) in [6, 6.07) is 8.43. The van der Waals surface area contributed by atoms with E-state index in [-0.39, 0.29) is 0 Å². The van der Waals surface area contributed by atoms with Gasteiger partial charge in [-0.25, -0.2) is 0 Å². The molecule has 0 saturated carbocycles. The maximum Gasteiger partial charge on any atom is 0.160 e. The minimum absolute atomic E-state index is 0.331. The van der Waals surface area contributed by atoms with E-state index < -0.39 is 0 Å². The molecule has 0 saturated heterocycles. The van der Waals surface area contributed by atoms with E-state index >= 15 is 0 Å². The molecule has 114 valence electrons. The van der Waals surface area contributed by atoms with Gasteiger partial charge >= 0.3 is 0 Å². The second-order valence-corrected chi connectivity index (χ2v) is 5.06. The molecule has 1 aromatic carbocycles. The summed E-state index contributed by atoms with van der Waals surface area (Å²) in [5, 5.41) is 7.79. The van der Waals surface area contributed by atoms with E-state index in [9.17, 15) is 0 Å². The van der Waals surface area contributed by atoms with Crippen LogP contribution in [0.25, 0.3) is 0 Å². The fraction of sp³-hybridized carbons (Fsp3) is 0.438. The van der Waals surface area contributed by atoms with Crippen LogP contribution in [0.1, 0.15) is 11.3 Å². The first-order valence-electron chi connectivity index (χ1n) is 7.03. The van der Waals surface area contributed by atoms with Crippen molar-refractivity contribution in [1.82, 2.24) is 15.1 Å². The number of nitrogens with zero attached hydrogens (tertiary/aromatic N) is 2. The molecule has 0 aliphatic rings. The predicted octanol–water partition coefficient (Wildman–Crippen LogP) is 1.81. The lowest BCUT2D eigenvalue weighted by Gasteiger charge is -2.16. The molecule has 0 spiro atoms. The van der Waals surface area contributed by atoms with Gasteiger partial charge in [0.15, 0.2) is 11.5 Å². The van der Waals surface area contributed by atoms with Gasteiger partial charge in [-0.05, 0) is 37.2 Å². The summed E-state index contributed by atoms with van der Waals surface area (Å²) in [6.45, 7) is 0. The Morgan fingerprint density at radius 3 is 2.48 bits per heavy atom. The van der Waals surface area contributed by atoms with Gasteiger partial charge in [0.1, 0.15) is 0 Å². The summed E-state index contributed by atoms with van der Waals surface area (Å²) in [6.07, 6.45) is 3.78. The zero-order valence-electron chi connectivity index (χ0n) is 13.1. The van der Waals surface area contributed by atoms with Crippen molar-refractivity contribution < 1.29 is 9.47 Å². The normalized spacial score (nSPS) is 12.2. The maximum atomic E-state index is 5.35. The second kappa shape index (κ2) is 7.13. The molecule has 0 radical (unpaired) electrons. The van der Waals surface area contributed by atoms with E-state index in [1.54, 1.807) is 14.2 Å². The quantitative estimate of drug-likeness (QED) is 0.844. The number of methoxy groups -OCH3 is 2. The highest BCUT2D eigenvalue weighted by atomic mass is 16.5. The number of aromatic nitrogens is 2. The highest BCUT2D eigenvalue weighted by Gasteiger charge is 2.12. The smallest absolute Gasteiger partial charge is 0.160 e. The molecule has 2 rings (SSSR count). The molecule has 1 atom stereocenters. The summed E-state index contributed by atoms with van der Waals surface area (Å²) >= 11 is 0. The number of ether oxygens (including phenoxy) is 2. The minimum Gasteiger partial charge on any atom is -0.493 e. The van der Waals surface area contributed by atoms with Crippen molar-refractivity contribution in [2.45, 2.75) is 18.9 Å². The third-order valence-corrected chi connectivity index (χ3v) is 3.56. The van der Waals surface area contributed by atoms with Gasteiger partial charge in [0.2, 0.25) is 0 Å². The topological polar surface area (TPSA) is 48.3 Å². The largest absolute Gasteiger partial charge is 0.493 e. The number of hydrogen-bond acceptors (Lipinski definition) is 4. The summed E-state index contributed by atoms with van der Waals surface area (Å²) in [5.41, 5.74) is 2.31. The van der Waals surface area contributed by atoms with Gasteiger partial charge in [-0.1, -0.05) is 6.07 Å². The zero-order chi connectivity index (χ0) is 15.2. The SMILES string of the molecule is CNC(Cc1ccc(OC)c(OC)c1)Cc1ccn(C)n1. The molecule has 0 aliphatic heterocycles. The van der Waals surface area contributed by atoms with Crippen LogP contribution in [0.5, 0.6) is 11.5 Å². The Bertz CT molecular complexity index is 581. The van der Waals surface area contributed by atoms with Crippen molar-refractivity contribution in [2.24, 2.45) is 7.05 Å². The molecular weight excluding hydrogens is 266 g/mol. The molecule has 1 aromatic heterocycles. The van der Waals surface area contributed by atoms with Crippen LogP contribution in [0, 0.1) is 0 Å². The average Bonchev–Trinajstić information content (AvgIpc) is 2.91. The van der Waals surface area contributed by atoms with Crippen LogP contribution >= 0.6 is 0 Å². The molecule has 0 aliphatic carbocycles. The third-order valence-electron chi connectivity index (χ3n) is 3.56.